The topological polar surface area (TPSA) is 51.0 Å². The molecule has 0 fully saturated rings. The average molecular weight is 316 g/mol. The van der Waals surface area contributed by atoms with Crippen molar-refractivity contribution in [3.05, 3.63) is 90.0 Å². The van der Waals surface area contributed by atoms with E-state index in [-0.39, 0.29) is 5.78 Å². The van der Waals surface area contributed by atoms with Crippen LogP contribution in [0.1, 0.15) is 15.9 Å². The number of benzene rings is 3. The molecule has 0 aliphatic carbocycles. The van der Waals surface area contributed by atoms with Gasteiger partial charge in [0.05, 0.1) is 12.8 Å². The Bertz CT molecular complexity index is 859. The van der Waals surface area contributed by atoms with E-state index >= 15 is 0 Å². The fourth-order valence-corrected chi connectivity index (χ4v) is 2.27. The molecule has 0 amide bonds. The van der Waals surface area contributed by atoms with Crippen LogP contribution in [0, 0.1) is 0 Å². The highest BCUT2D eigenvalue weighted by molar-refractivity contribution is 6.09. The van der Waals surface area contributed by atoms with Crippen LogP contribution >= 0.6 is 0 Å². The van der Waals surface area contributed by atoms with Gasteiger partial charge >= 0.3 is 0 Å². The molecule has 4 nitrogen and oxygen atoms in total. The molecule has 0 N–H and O–H groups in total. The van der Waals surface area contributed by atoms with Crippen molar-refractivity contribution in [3.8, 4) is 5.75 Å². The quantitative estimate of drug-likeness (QED) is 0.471. The van der Waals surface area contributed by atoms with E-state index in [0.29, 0.717) is 22.6 Å². The van der Waals surface area contributed by atoms with E-state index < -0.39 is 0 Å². The predicted molar refractivity (Wildman–Crippen MR) is 93.5 cm³/mol. The van der Waals surface area contributed by atoms with Crippen molar-refractivity contribution in [1.29, 1.82) is 0 Å². The molecule has 0 saturated heterocycles. The number of carbonyl (C=O) groups excluding carboxylic acids is 1. The molecular weight excluding hydrogens is 300 g/mol. The van der Waals surface area contributed by atoms with Crippen molar-refractivity contribution in [3.63, 3.8) is 0 Å². The summed E-state index contributed by atoms with van der Waals surface area (Å²) in [7, 11) is 1.57. The minimum absolute atomic E-state index is 0.0607. The second-order valence-electron chi connectivity index (χ2n) is 5.12. The SMILES string of the molecule is COc1ccc(C(=O)c2ccccc2)cc1N=Nc1ccccc1. The third-order valence-electron chi connectivity index (χ3n) is 3.51. The minimum atomic E-state index is -0.0607. The van der Waals surface area contributed by atoms with Gasteiger partial charge in [0, 0.05) is 11.1 Å². The van der Waals surface area contributed by atoms with Gasteiger partial charge in [-0.3, -0.25) is 4.79 Å². The number of carbonyl (C=O) groups is 1. The minimum Gasteiger partial charge on any atom is -0.494 e. The summed E-state index contributed by atoms with van der Waals surface area (Å²) in [5.41, 5.74) is 2.43. The summed E-state index contributed by atoms with van der Waals surface area (Å²) >= 11 is 0. The lowest BCUT2D eigenvalue weighted by molar-refractivity contribution is 0.103. The molecule has 118 valence electrons. The molecule has 0 unspecified atom stereocenters. The number of azo groups is 1. The van der Waals surface area contributed by atoms with Crippen LogP contribution in [0.3, 0.4) is 0 Å². The molecule has 3 aromatic rings. The highest BCUT2D eigenvalue weighted by Crippen LogP contribution is 2.30. The zero-order valence-corrected chi connectivity index (χ0v) is 13.2. The van der Waals surface area contributed by atoms with Gasteiger partial charge in [-0.2, -0.15) is 5.11 Å². The lowest BCUT2D eigenvalue weighted by atomic mass is 10.0. The third kappa shape index (κ3) is 3.55. The molecule has 0 heterocycles. The first-order valence-electron chi connectivity index (χ1n) is 7.52. The lowest BCUT2D eigenvalue weighted by Crippen LogP contribution is -2.00. The molecular formula is C20H16N2O2. The fraction of sp³-hybridized carbons (Fsp3) is 0.0500. The van der Waals surface area contributed by atoms with Crippen LogP contribution in [0.15, 0.2) is 89.1 Å². The number of ketones is 1. The second-order valence-corrected chi connectivity index (χ2v) is 5.12. The third-order valence-corrected chi connectivity index (χ3v) is 3.51. The molecule has 3 aromatic carbocycles. The van der Waals surface area contributed by atoms with Gasteiger partial charge in [-0.1, -0.05) is 48.5 Å². The van der Waals surface area contributed by atoms with Gasteiger partial charge in [0.15, 0.2) is 5.78 Å². The normalized spacial score (nSPS) is 10.7. The monoisotopic (exact) mass is 316 g/mol. The number of methoxy groups -OCH3 is 1. The van der Waals surface area contributed by atoms with E-state index in [1.54, 1.807) is 37.4 Å². The zero-order chi connectivity index (χ0) is 16.8. The molecule has 0 saturated carbocycles. The van der Waals surface area contributed by atoms with E-state index in [2.05, 4.69) is 10.2 Å². The van der Waals surface area contributed by atoms with E-state index in [4.69, 9.17) is 4.74 Å². The number of ether oxygens (including phenoxy) is 1. The van der Waals surface area contributed by atoms with Crippen LogP contribution in [0.25, 0.3) is 0 Å². The van der Waals surface area contributed by atoms with Crippen molar-refractivity contribution in [2.75, 3.05) is 7.11 Å². The lowest BCUT2D eigenvalue weighted by Gasteiger charge is -2.06. The first-order chi connectivity index (χ1) is 11.8. The van der Waals surface area contributed by atoms with Gasteiger partial charge in [0.2, 0.25) is 0 Å². The van der Waals surface area contributed by atoms with Gasteiger partial charge in [-0.15, -0.1) is 5.11 Å². The Morgan fingerprint density at radius 3 is 2.12 bits per heavy atom. The van der Waals surface area contributed by atoms with Crippen LogP contribution in [0.4, 0.5) is 11.4 Å². The van der Waals surface area contributed by atoms with Crippen LogP contribution in [-0.2, 0) is 0 Å². The summed E-state index contributed by atoms with van der Waals surface area (Å²) in [5, 5.41) is 8.42. The molecule has 4 heteroatoms. The summed E-state index contributed by atoms with van der Waals surface area (Å²) in [6.07, 6.45) is 0. The molecule has 0 radical (unpaired) electrons. The number of rotatable bonds is 5. The number of hydrogen-bond acceptors (Lipinski definition) is 4. The summed E-state index contributed by atoms with van der Waals surface area (Å²) in [5.74, 6) is 0.508. The van der Waals surface area contributed by atoms with Crippen molar-refractivity contribution in [2.24, 2.45) is 10.2 Å². The Labute approximate surface area is 140 Å². The molecule has 0 aliphatic heterocycles. The second kappa shape index (κ2) is 7.33. The largest absolute Gasteiger partial charge is 0.494 e. The Morgan fingerprint density at radius 1 is 0.792 bits per heavy atom. The zero-order valence-electron chi connectivity index (χ0n) is 13.2. The summed E-state index contributed by atoms with van der Waals surface area (Å²) < 4.78 is 5.31. The van der Waals surface area contributed by atoms with Crippen LogP contribution in [-0.4, -0.2) is 12.9 Å². The van der Waals surface area contributed by atoms with Crippen LogP contribution in [0.5, 0.6) is 5.75 Å². The molecule has 24 heavy (non-hydrogen) atoms. The Morgan fingerprint density at radius 2 is 1.46 bits per heavy atom. The van der Waals surface area contributed by atoms with Gasteiger partial charge in [0.1, 0.15) is 11.4 Å². The molecule has 3 rings (SSSR count). The maximum absolute atomic E-state index is 12.6. The van der Waals surface area contributed by atoms with Gasteiger partial charge in [0.25, 0.3) is 0 Å². The summed E-state index contributed by atoms with van der Waals surface area (Å²) in [6, 6.07) is 23.7. The molecule has 0 atom stereocenters. The Balaban J connectivity index is 1.94. The highest BCUT2D eigenvalue weighted by Gasteiger charge is 2.12. The van der Waals surface area contributed by atoms with Gasteiger partial charge in [-0.05, 0) is 30.3 Å². The van der Waals surface area contributed by atoms with E-state index in [0.717, 1.165) is 5.69 Å². The van der Waals surface area contributed by atoms with E-state index in [1.807, 2.05) is 48.5 Å². The highest BCUT2D eigenvalue weighted by atomic mass is 16.5. The maximum Gasteiger partial charge on any atom is 0.193 e. The molecule has 0 spiro atoms. The molecule has 0 aromatic heterocycles. The first-order valence-corrected chi connectivity index (χ1v) is 7.52. The van der Waals surface area contributed by atoms with E-state index in [1.165, 1.54) is 0 Å². The van der Waals surface area contributed by atoms with Crippen molar-refractivity contribution in [2.45, 2.75) is 0 Å². The first kappa shape index (κ1) is 15.6. The molecule has 0 bridgehead atoms. The molecule has 0 aliphatic rings. The van der Waals surface area contributed by atoms with Crippen LogP contribution in [0.2, 0.25) is 0 Å². The smallest absolute Gasteiger partial charge is 0.193 e. The van der Waals surface area contributed by atoms with Crippen molar-refractivity contribution >= 4 is 17.2 Å². The van der Waals surface area contributed by atoms with Gasteiger partial charge in [-0.25, -0.2) is 0 Å². The number of nitrogens with zero attached hydrogens (tertiary/aromatic N) is 2. The predicted octanol–water partition coefficient (Wildman–Crippen LogP) is 5.34. The van der Waals surface area contributed by atoms with E-state index in [9.17, 15) is 4.79 Å². The summed E-state index contributed by atoms with van der Waals surface area (Å²) in [6.45, 7) is 0. The van der Waals surface area contributed by atoms with Gasteiger partial charge < -0.3 is 4.74 Å². The maximum atomic E-state index is 12.6. The van der Waals surface area contributed by atoms with Crippen molar-refractivity contribution < 1.29 is 9.53 Å². The Kier molecular flexibility index (Phi) is 4.77. The Hall–Kier alpha value is -3.27. The fourth-order valence-electron chi connectivity index (χ4n) is 2.27. The average Bonchev–Trinajstić information content (AvgIpc) is 2.67. The number of hydrogen-bond donors (Lipinski definition) is 0. The standard InChI is InChI=1S/C20H16N2O2/c1-24-19-13-12-16(20(23)15-8-4-2-5-9-15)14-18(19)22-21-17-10-6-3-7-11-17/h2-14H,1H3. The van der Waals surface area contributed by atoms with Crippen LogP contribution < -0.4 is 4.74 Å². The van der Waals surface area contributed by atoms with Crippen molar-refractivity contribution in [1.82, 2.24) is 0 Å². The summed E-state index contributed by atoms with van der Waals surface area (Å²) in [4.78, 5) is 12.6.